The first-order chi connectivity index (χ1) is 6.29. The summed E-state index contributed by atoms with van der Waals surface area (Å²) in [5.41, 5.74) is 14.6. The van der Waals surface area contributed by atoms with Gasteiger partial charge in [0.25, 0.3) is 0 Å². The monoisotopic (exact) mass is 177 g/mol. The number of anilines is 2. The summed E-state index contributed by atoms with van der Waals surface area (Å²) in [6, 6.07) is 6.43. The highest BCUT2D eigenvalue weighted by Gasteiger charge is 2.15. The third-order valence-corrected chi connectivity index (χ3v) is 2.54. The van der Waals surface area contributed by atoms with E-state index >= 15 is 0 Å². The highest BCUT2D eigenvalue weighted by molar-refractivity contribution is 5.61. The van der Waals surface area contributed by atoms with Crippen molar-refractivity contribution in [2.45, 2.75) is 18.9 Å². The van der Waals surface area contributed by atoms with Gasteiger partial charge in [-0.15, -0.1) is 0 Å². The number of hydrogen-bond donors (Lipinski definition) is 3. The van der Waals surface area contributed by atoms with E-state index in [1.807, 2.05) is 12.1 Å². The maximum Gasteiger partial charge on any atom is 0.0395 e. The van der Waals surface area contributed by atoms with Crippen LogP contribution in [0.15, 0.2) is 18.2 Å². The van der Waals surface area contributed by atoms with Crippen LogP contribution in [0.3, 0.4) is 0 Å². The van der Waals surface area contributed by atoms with E-state index in [9.17, 15) is 0 Å². The van der Waals surface area contributed by atoms with Gasteiger partial charge in [0.15, 0.2) is 0 Å². The van der Waals surface area contributed by atoms with E-state index in [0.717, 1.165) is 24.2 Å². The summed E-state index contributed by atoms with van der Waals surface area (Å²) in [5, 5.41) is 3.38. The summed E-state index contributed by atoms with van der Waals surface area (Å²) in [5.74, 6) is 0. The number of rotatable bonds is 1. The summed E-state index contributed by atoms with van der Waals surface area (Å²) < 4.78 is 0. The molecule has 1 unspecified atom stereocenters. The van der Waals surface area contributed by atoms with Gasteiger partial charge in [0.1, 0.15) is 0 Å². The van der Waals surface area contributed by atoms with Crippen LogP contribution in [0.1, 0.15) is 12.0 Å². The van der Waals surface area contributed by atoms with E-state index in [4.69, 9.17) is 11.5 Å². The zero-order chi connectivity index (χ0) is 9.26. The second-order valence-electron chi connectivity index (χ2n) is 3.53. The van der Waals surface area contributed by atoms with Gasteiger partial charge in [-0.25, -0.2) is 0 Å². The minimum Gasteiger partial charge on any atom is -0.399 e. The van der Waals surface area contributed by atoms with Gasteiger partial charge in [-0.2, -0.15) is 0 Å². The van der Waals surface area contributed by atoms with Crippen molar-refractivity contribution in [1.29, 1.82) is 0 Å². The van der Waals surface area contributed by atoms with Crippen LogP contribution in [-0.2, 0) is 6.42 Å². The maximum atomic E-state index is 5.70. The smallest absolute Gasteiger partial charge is 0.0395 e. The van der Waals surface area contributed by atoms with Gasteiger partial charge < -0.3 is 16.8 Å². The predicted octanol–water partition coefficient (Wildman–Crippen LogP) is 0.954. The average molecular weight is 177 g/mol. The Hall–Kier alpha value is -1.22. The first-order valence-electron chi connectivity index (χ1n) is 4.64. The van der Waals surface area contributed by atoms with Gasteiger partial charge in [0, 0.05) is 24.0 Å². The van der Waals surface area contributed by atoms with E-state index in [1.54, 1.807) is 0 Å². The highest BCUT2D eigenvalue weighted by Crippen LogP contribution is 2.26. The second kappa shape index (κ2) is 3.26. The standard InChI is InChI=1S/C10H15N3/c11-6-9-4-2-7-1-3-8(12)5-10(7)13-9/h1,3,5,9,13H,2,4,6,11-12H2. The van der Waals surface area contributed by atoms with Crippen LogP contribution in [0.4, 0.5) is 11.4 Å². The molecular formula is C10H15N3. The number of aryl methyl sites for hydroxylation is 1. The van der Waals surface area contributed by atoms with Crippen molar-refractivity contribution in [3.05, 3.63) is 23.8 Å². The largest absolute Gasteiger partial charge is 0.399 e. The summed E-state index contributed by atoms with van der Waals surface area (Å²) in [7, 11) is 0. The molecule has 1 aromatic rings. The molecule has 0 radical (unpaired) electrons. The molecule has 1 aromatic carbocycles. The Kier molecular flexibility index (Phi) is 2.10. The molecule has 3 heteroatoms. The van der Waals surface area contributed by atoms with Gasteiger partial charge in [-0.1, -0.05) is 6.07 Å². The molecule has 0 fully saturated rings. The fourth-order valence-electron chi connectivity index (χ4n) is 1.75. The molecule has 1 aliphatic rings. The van der Waals surface area contributed by atoms with Crippen molar-refractivity contribution < 1.29 is 0 Å². The summed E-state index contributed by atoms with van der Waals surface area (Å²) in [4.78, 5) is 0. The second-order valence-corrected chi connectivity index (χ2v) is 3.53. The van der Waals surface area contributed by atoms with Gasteiger partial charge in [-0.3, -0.25) is 0 Å². The van der Waals surface area contributed by atoms with E-state index in [2.05, 4.69) is 11.4 Å². The van der Waals surface area contributed by atoms with Crippen LogP contribution < -0.4 is 16.8 Å². The third kappa shape index (κ3) is 1.60. The zero-order valence-electron chi connectivity index (χ0n) is 7.59. The number of nitrogens with one attached hydrogen (secondary N) is 1. The lowest BCUT2D eigenvalue weighted by Crippen LogP contribution is -2.32. The molecule has 1 atom stereocenters. The zero-order valence-corrected chi connectivity index (χ0v) is 7.59. The van der Waals surface area contributed by atoms with Crippen molar-refractivity contribution in [2.24, 2.45) is 5.73 Å². The SMILES string of the molecule is NCC1CCc2ccc(N)cc2N1. The van der Waals surface area contributed by atoms with Crippen molar-refractivity contribution in [2.75, 3.05) is 17.6 Å². The van der Waals surface area contributed by atoms with Crippen LogP contribution >= 0.6 is 0 Å². The van der Waals surface area contributed by atoms with E-state index in [0.29, 0.717) is 12.6 Å². The third-order valence-electron chi connectivity index (χ3n) is 2.54. The Balaban J connectivity index is 2.27. The topological polar surface area (TPSA) is 64.1 Å². The van der Waals surface area contributed by atoms with Gasteiger partial charge >= 0.3 is 0 Å². The molecule has 0 aromatic heterocycles. The molecular weight excluding hydrogens is 162 g/mol. The van der Waals surface area contributed by atoms with Crippen molar-refractivity contribution in [3.63, 3.8) is 0 Å². The normalized spacial score (nSPS) is 20.5. The molecule has 13 heavy (non-hydrogen) atoms. The molecule has 1 aliphatic heterocycles. The molecule has 1 heterocycles. The average Bonchev–Trinajstić information content (AvgIpc) is 2.16. The fraction of sp³-hybridized carbons (Fsp3) is 0.400. The van der Waals surface area contributed by atoms with Crippen LogP contribution in [-0.4, -0.2) is 12.6 Å². The van der Waals surface area contributed by atoms with Gasteiger partial charge in [0.05, 0.1) is 0 Å². The molecule has 5 N–H and O–H groups in total. The first kappa shape index (κ1) is 8.38. The highest BCUT2D eigenvalue weighted by atomic mass is 15.0. The molecule has 0 saturated heterocycles. The van der Waals surface area contributed by atoms with Crippen LogP contribution in [0.25, 0.3) is 0 Å². The number of fused-ring (bicyclic) bond motifs is 1. The van der Waals surface area contributed by atoms with Crippen molar-refractivity contribution in [1.82, 2.24) is 0 Å². The maximum absolute atomic E-state index is 5.70. The molecule has 70 valence electrons. The molecule has 2 rings (SSSR count). The van der Waals surface area contributed by atoms with Crippen LogP contribution in [0, 0.1) is 0 Å². The Labute approximate surface area is 78.1 Å². The molecule has 0 amide bonds. The van der Waals surface area contributed by atoms with Gasteiger partial charge in [-0.05, 0) is 30.5 Å². The first-order valence-corrected chi connectivity index (χ1v) is 4.64. The molecule has 3 nitrogen and oxygen atoms in total. The minimum absolute atomic E-state index is 0.411. The Bertz CT molecular complexity index is 309. The summed E-state index contributed by atoms with van der Waals surface area (Å²) in [6.45, 7) is 0.689. The van der Waals surface area contributed by atoms with Gasteiger partial charge in [0.2, 0.25) is 0 Å². The van der Waals surface area contributed by atoms with Crippen molar-refractivity contribution >= 4 is 11.4 Å². The lowest BCUT2D eigenvalue weighted by Gasteiger charge is -2.26. The number of hydrogen-bond acceptors (Lipinski definition) is 3. The summed E-state index contributed by atoms with van der Waals surface area (Å²) in [6.07, 6.45) is 2.22. The van der Waals surface area contributed by atoms with Crippen molar-refractivity contribution in [3.8, 4) is 0 Å². The number of benzene rings is 1. The van der Waals surface area contributed by atoms with E-state index in [1.165, 1.54) is 5.56 Å². The lowest BCUT2D eigenvalue weighted by atomic mass is 9.98. The van der Waals surface area contributed by atoms with Crippen LogP contribution in [0.2, 0.25) is 0 Å². The predicted molar refractivity (Wildman–Crippen MR) is 55.6 cm³/mol. The Morgan fingerprint density at radius 1 is 1.46 bits per heavy atom. The van der Waals surface area contributed by atoms with E-state index < -0.39 is 0 Å². The van der Waals surface area contributed by atoms with E-state index in [-0.39, 0.29) is 0 Å². The minimum atomic E-state index is 0.411. The quantitative estimate of drug-likeness (QED) is 0.560. The fourth-order valence-corrected chi connectivity index (χ4v) is 1.75. The molecule has 0 saturated carbocycles. The number of nitrogen functional groups attached to an aromatic ring is 1. The Morgan fingerprint density at radius 2 is 2.31 bits per heavy atom. The molecule has 0 aliphatic carbocycles. The van der Waals surface area contributed by atoms with Crippen LogP contribution in [0.5, 0.6) is 0 Å². The summed E-state index contributed by atoms with van der Waals surface area (Å²) >= 11 is 0. The number of nitrogens with two attached hydrogens (primary N) is 2. The lowest BCUT2D eigenvalue weighted by molar-refractivity contribution is 0.639. The molecule has 0 bridgehead atoms. The molecule has 0 spiro atoms. The Morgan fingerprint density at radius 3 is 3.08 bits per heavy atom.